The molecule has 0 bridgehead atoms. The summed E-state index contributed by atoms with van der Waals surface area (Å²) in [6, 6.07) is 18.4. The Balaban J connectivity index is 1.77. The molecule has 6 nitrogen and oxygen atoms in total. The van der Waals surface area contributed by atoms with Crippen LogP contribution in [0.25, 0.3) is 11.1 Å². The van der Waals surface area contributed by atoms with Crippen molar-refractivity contribution in [1.82, 2.24) is 9.88 Å². The van der Waals surface area contributed by atoms with E-state index in [-0.39, 0.29) is 22.4 Å². The molecule has 0 radical (unpaired) electrons. The van der Waals surface area contributed by atoms with Crippen LogP contribution in [0.3, 0.4) is 0 Å². The van der Waals surface area contributed by atoms with E-state index in [4.69, 9.17) is 13.9 Å². The van der Waals surface area contributed by atoms with Crippen LogP contribution in [0, 0.1) is 0 Å². The largest absolute Gasteiger partial charge is 0.496 e. The zero-order valence-electron chi connectivity index (χ0n) is 26.9. The fraction of sp³-hybridized carbons (Fsp3) is 0.486. The smallest absolute Gasteiger partial charge is 0.223 e. The highest BCUT2D eigenvalue weighted by molar-refractivity contribution is 6.31. The Morgan fingerprint density at radius 1 is 0.952 bits per heavy atom. The van der Waals surface area contributed by atoms with Gasteiger partial charge in [-0.2, -0.15) is 0 Å². The van der Waals surface area contributed by atoms with Crippen molar-refractivity contribution in [3.63, 3.8) is 0 Å². The van der Waals surface area contributed by atoms with Gasteiger partial charge in [-0.25, -0.2) is 4.98 Å². The Kier molecular flexibility index (Phi) is 9.53. The normalized spacial score (nSPS) is 16.5. The van der Waals surface area contributed by atoms with E-state index < -0.39 is 15.4 Å². The highest BCUT2D eigenvalue weighted by Crippen LogP contribution is 2.42. The van der Waals surface area contributed by atoms with Crippen LogP contribution in [0.4, 0.5) is 0 Å². The topological polar surface area (TPSA) is 60.9 Å². The van der Waals surface area contributed by atoms with Crippen LogP contribution >= 0.6 is 0 Å². The maximum absolute atomic E-state index is 13.4. The minimum absolute atomic E-state index is 0.0105. The molecule has 0 unspecified atom stereocenters. The van der Waals surface area contributed by atoms with E-state index in [0.29, 0.717) is 25.5 Å². The number of pyridine rings is 1. The van der Waals surface area contributed by atoms with Gasteiger partial charge >= 0.3 is 0 Å². The fourth-order valence-corrected chi connectivity index (χ4v) is 6.53. The van der Waals surface area contributed by atoms with Crippen LogP contribution in [-0.2, 0) is 27.8 Å². The van der Waals surface area contributed by atoms with Crippen LogP contribution in [0.1, 0.15) is 84.9 Å². The molecule has 3 aromatic rings. The number of hydrogen-bond acceptors (Lipinski definition) is 5. The third-order valence-corrected chi connectivity index (χ3v) is 9.62. The van der Waals surface area contributed by atoms with Crippen molar-refractivity contribution in [2.75, 3.05) is 7.11 Å². The number of benzene rings is 2. The molecular weight excluding hydrogens is 540 g/mol. The maximum atomic E-state index is 13.4. The zero-order chi connectivity index (χ0) is 30.7. The van der Waals surface area contributed by atoms with Gasteiger partial charge in [0.15, 0.2) is 9.76 Å². The van der Waals surface area contributed by atoms with Crippen LogP contribution in [0.5, 0.6) is 11.6 Å². The molecule has 226 valence electrons. The van der Waals surface area contributed by atoms with Crippen molar-refractivity contribution in [3.8, 4) is 22.8 Å². The summed E-state index contributed by atoms with van der Waals surface area (Å²) in [5.74, 6) is 1.54. The molecule has 1 aromatic heterocycles. The van der Waals surface area contributed by atoms with Gasteiger partial charge in [-0.3, -0.25) is 4.79 Å². The molecule has 1 aliphatic rings. The standard InChI is InChI=1S/C35H48N2O4Si/c1-33(2,3)28-21-27(26-16-13-19-36-32(26)40-23-24-14-11-10-12-15-24)25(20-29(28)39-9)22-37-30(17-18-31(37)38)35(7,8)41-42-34(4,5)6/h10-16,19-21,30H,17-18,22-23,42H2,1-9H3/t30-/m0/s1. The quantitative estimate of drug-likeness (QED) is 0.234. The Labute approximate surface area is 254 Å². The number of ether oxygens (including phenoxy) is 2. The molecule has 1 aliphatic heterocycles. The summed E-state index contributed by atoms with van der Waals surface area (Å²) in [6.45, 7) is 18.4. The fourth-order valence-electron chi connectivity index (χ4n) is 5.53. The van der Waals surface area contributed by atoms with Crippen molar-refractivity contribution in [3.05, 3.63) is 77.5 Å². The number of methoxy groups -OCH3 is 1. The number of carbonyl (C=O) groups is 1. The molecule has 0 aliphatic carbocycles. The first-order valence-corrected chi connectivity index (χ1v) is 16.2. The van der Waals surface area contributed by atoms with E-state index in [9.17, 15) is 4.79 Å². The van der Waals surface area contributed by atoms with E-state index in [1.165, 1.54) is 0 Å². The Morgan fingerprint density at radius 2 is 1.67 bits per heavy atom. The number of hydrogen-bond donors (Lipinski definition) is 0. The van der Waals surface area contributed by atoms with Gasteiger partial charge in [0.2, 0.25) is 11.8 Å². The molecule has 7 heteroatoms. The lowest BCUT2D eigenvalue weighted by Crippen LogP contribution is -2.49. The molecule has 42 heavy (non-hydrogen) atoms. The van der Waals surface area contributed by atoms with Gasteiger partial charge in [0.1, 0.15) is 12.4 Å². The second kappa shape index (κ2) is 12.6. The number of rotatable bonds is 10. The molecule has 4 rings (SSSR count). The van der Waals surface area contributed by atoms with Crippen LogP contribution in [-0.4, -0.2) is 44.3 Å². The lowest BCUT2D eigenvalue weighted by Gasteiger charge is -2.40. The molecule has 2 aromatic carbocycles. The summed E-state index contributed by atoms with van der Waals surface area (Å²) in [6.07, 6.45) is 3.07. The van der Waals surface area contributed by atoms with E-state index in [1.807, 2.05) is 41.3 Å². The monoisotopic (exact) mass is 588 g/mol. The van der Waals surface area contributed by atoms with Crippen molar-refractivity contribution < 1.29 is 18.7 Å². The predicted molar refractivity (Wildman–Crippen MR) is 173 cm³/mol. The van der Waals surface area contributed by atoms with Crippen LogP contribution in [0.2, 0.25) is 5.04 Å². The van der Waals surface area contributed by atoms with Gasteiger partial charge in [-0.15, -0.1) is 0 Å². The SMILES string of the molecule is COc1cc(CN2C(=O)CC[C@H]2C(C)(C)O[SiH2]C(C)(C)C)c(-c2cccnc2OCc2ccccc2)cc1C(C)(C)C. The number of aromatic nitrogens is 1. The molecule has 1 atom stereocenters. The van der Waals surface area contributed by atoms with Crippen LogP contribution in [0.15, 0.2) is 60.8 Å². The van der Waals surface area contributed by atoms with Gasteiger partial charge in [0, 0.05) is 30.3 Å². The first-order chi connectivity index (χ1) is 19.7. The molecule has 0 spiro atoms. The summed E-state index contributed by atoms with van der Waals surface area (Å²) in [4.78, 5) is 20.1. The highest BCUT2D eigenvalue weighted by Gasteiger charge is 2.42. The van der Waals surface area contributed by atoms with Crippen molar-refractivity contribution in [2.24, 2.45) is 0 Å². The van der Waals surface area contributed by atoms with Gasteiger partial charge in [0.25, 0.3) is 0 Å². The molecule has 0 N–H and O–H groups in total. The average molecular weight is 589 g/mol. The molecule has 1 saturated heterocycles. The minimum atomic E-state index is -0.796. The summed E-state index contributed by atoms with van der Waals surface area (Å²) in [5, 5.41) is 0.171. The van der Waals surface area contributed by atoms with E-state index in [1.54, 1.807) is 13.3 Å². The summed E-state index contributed by atoms with van der Waals surface area (Å²) >= 11 is 0. The lowest BCUT2D eigenvalue weighted by molar-refractivity contribution is -0.132. The molecule has 1 fully saturated rings. The first kappa shape index (κ1) is 31.8. The van der Waals surface area contributed by atoms with Crippen LogP contribution < -0.4 is 9.47 Å². The number of nitrogens with zero attached hydrogens (tertiary/aromatic N) is 2. The lowest BCUT2D eigenvalue weighted by atomic mass is 9.83. The van der Waals surface area contributed by atoms with Gasteiger partial charge in [-0.05, 0) is 71.7 Å². The third kappa shape index (κ3) is 7.61. The molecule has 2 heterocycles. The third-order valence-electron chi connectivity index (χ3n) is 7.86. The molecule has 0 saturated carbocycles. The predicted octanol–water partition coefficient (Wildman–Crippen LogP) is 7.22. The number of carbonyl (C=O) groups excluding carboxylic acids is 1. The van der Waals surface area contributed by atoms with Crippen molar-refractivity contribution in [2.45, 2.75) is 103 Å². The summed E-state index contributed by atoms with van der Waals surface area (Å²) in [7, 11) is 0.917. The summed E-state index contributed by atoms with van der Waals surface area (Å²) in [5.41, 5.74) is 4.47. The number of likely N-dealkylation sites (tertiary alicyclic amines) is 1. The Morgan fingerprint density at radius 3 is 2.31 bits per heavy atom. The van der Waals surface area contributed by atoms with E-state index in [0.717, 1.165) is 40.0 Å². The van der Waals surface area contributed by atoms with Crippen molar-refractivity contribution >= 4 is 15.7 Å². The van der Waals surface area contributed by atoms with Gasteiger partial charge < -0.3 is 18.8 Å². The van der Waals surface area contributed by atoms with E-state index >= 15 is 0 Å². The van der Waals surface area contributed by atoms with Crippen molar-refractivity contribution in [1.29, 1.82) is 0 Å². The van der Waals surface area contributed by atoms with E-state index in [2.05, 4.69) is 78.6 Å². The first-order valence-electron chi connectivity index (χ1n) is 15.0. The summed E-state index contributed by atoms with van der Waals surface area (Å²) < 4.78 is 18.8. The zero-order valence-corrected chi connectivity index (χ0v) is 28.3. The second-order valence-corrected chi connectivity index (χ2v) is 16.8. The Bertz CT molecular complexity index is 1380. The van der Waals surface area contributed by atoms with Gasteiger partial charge in [-0.1, -0.05) is 71.9 Å². The number of amides is 1. The average Bonchev–Trinajstić information content (AvgIpc) is 3.31. The molecular formula is C35H48N2O4Si. The molecule has 1 amide bonds. The maximum Gasteiger partial charge on any atom is 0.223 e. The minimum Gasteiger partial charge on any atom is -0.496 e. The second-order valence-electron chi connectivity index (χ2n) is 14.1. The Hall–Kier alpha value is -3.16. The highest BCUT2D eigenvalue weighted by atomic mass is 28.2. The van der Waals surface area contributed by atoms with Gasteiger partial charge in [0.05, 0.1) is 18.8 Å².